The number of hydrogen-bond acceptors (Lipinski definition) is 10. The van der Waals surface area contributed by atoms with Crippen LogP contribution in [0, 0.1) is 0 Å². The molecule has 2 fully saturated rings. The molecule has 0 N–H and O–H groups in total. The van der Waals surface area contributed by atoms with Crippen molar-refractivity contribution >= 4 is 27.3 Å². The van der Waals surface area contributed by atoms with Crippen molar-refractivity contribution in [1.82, 2.24) is 29.4 Å². The Morgan fingerprint density at radius 1 is 1.14 bits per heavy atom. The number of hydrogen-bond donors (Lipinski definition) is 0. The number of nitrogens with zero attached hydrogens (tertiary/aromatic N) is 7. The number of aromatic nitrogens is 4. The molecule has 0 atom stereocenters. The molecule has 9 nitrogen and oxygen atoms in total. The summed E-state index contributed by atoms with van der Waals surface area (Å²) >= 11 is 0.981. The molecule has 0 spiro atoms. The van der Waals surface area contributed by atoms with E-state index in [1.54, 1.807) is 0 Å². The average Bonchev–Trinajstić information content (AvgIpc) is 3.20. The van der Waals surface area contributed by atoms with Crippen LogP contribution in [-0.2, 0) is 16.4 Å². The van der Waals surface area contributed by atoms with E-state index >= 15 is 0 Å². The molecule has 4 rings (SSSR count). The van der Waals surface area contributed by atoms with Gasteiger partial charge < -0.3 is 9.80 Å². The first-order chi connectivity index (χ1) is 13.9. The lowest BCUT2D eigenvalue weighted by Crippen LogP contribution is -2.45. The molecule has 2 aromatic rings. The fourth-order valence-electron chi connectivity index (χ4n) is 3.92. The molecule has 0 bridgehead atoms. The molecule has 29 heavy (non-hydrogen) atoms. The van der Waals surface area contributed by atoms with Crippen LogP contribution < -0.4 is 4.90 Å². The summed E-state index contributed by atoms with van der Waals surface area (Å²) in [6, 6.07) is 1.98. The van der Waals surface area contributed by atoms with E-state index in [1.165, 1.54) is 6.26 Å². The second-order valence-corrected chi connectivity index (χ2v) is 10.9. The van der Waals surface area contributed by atoms with Crippen LogP contribution in [0.15, 0.2) is 16.5 Å². The predicted molar refractivity (Wildman–Crippen MR) is 112 cm³/mol. The fraction of sp³-hybridized carbons (Fsp3) is 0.667. The lowest BCUT2D eigenvalue weighted by atomic mass is 9.94. The van der Waals surface area contributed by atoms with Gasteiger partial charge in [0.05, 0.1) is 11.4 Å². The minimum Gasteiger partial charge on any atom is -0.338 e. The molecule has 2 aromatic heterocycles. The second kappa shape index (κ2) is 8.58. The van der Waals surface area contributed by atoms with E-state index in [4.69, 9.17) is 4.98 Å². The highest BCUT2D eigenvalue weighted by atomic mass is 32.2. The van der Waals surface area contributed by atoms with E-state index < -0.39 is 9.84 Å². The van der Waals surface area contributed by atoms with Crippen molar-refractivity contribution in [2.75, 3.05) is 57.5 Å². The molecule has 0 radical (unpaired) electrons. The van der Waals surface area contributed by atoms with E-state index in [9.17, 15) is 8.42 Å². The predicted octanol–water partition coefficient (Wildman–Crippen LogP) is 0.863. The summed E-state index contributed by atoms with van der Waals surface area (Å²) in [5.41, 5.74) is 1.68. The van der Waals surface area contributed by atoms with E-state index in [1.807, 2.05) is 12.3 Å². The van der Waals surface area contributed by atoms with Gasteiger partial charge in [0, 0.05) is 62.6 Å². The fourth-order valence-corrected chi connectivity index (χ4v) is 5.65. The van der Waals surface area contributed by atoms with E-state index in [-0.39, 0.29) is 5.92 Å². The summed E-state index contributed by atoms with van der Waals surface area (Å²) in [6.07, 6.45) is 4.84. The van der Waals surface area contributed by atoms with Crippen LogP contribution in [-0.4, -0.2) is 90.3 Å². The molecule has 0 aliphatic carbocycles. The van der Waals surface area contributed by atoms with Gasteiger partial charge in [-0.25, -0.2) is 18.4 Å². The Bertz CT molecular complexity index is 933. The van der Waals surface area contributed by atoms with Gasteiger partial charge in [-0.3, -0.25) is 4.90 Å². The van der Waals surface area contributed by atoms with Gasteiger partial charge in [-0.2, -0.15) is 0 Å². The Morgan fingerprint density at radius 2 is 1.86 bits per heavy atom. The number of anilines is 1. The van der Waals surface area contributed by atoms with Crippen molar-refractivity contribution in [2.45, 2.75) is 29.5 Å². The lowest BCUT2D eigenvalue weighted by Gasteiger charge is -2.33. The molecule has 0 unspecified atom stereocenters. The number of likely N-dealkylation sites (tertiary alicyclic amines) is 1. The molecule has 2 aliphatic rings. The first-order valence-electron chi connectivity index (χ1n) is 9.90. The van der Waals surface area contributed by atoms with Crippen molar-refractivity contribution in [2.24, 2.45) is 0 Å². The van der Waals surface area contributed by atoms with Crippen LogP contribution in [0.5, 0.6) is 0 Å². The van der Waals surface area contributed by atoms with Crippen molar-refractivity contribution < 1.29 is 8.42 Å². The van der Waals surface area contributed by atoms with Crippen LogP contribution in [0.2, 0.25) is 0 Å². The zero-order chi connectivity index (χ0) is 20.4. The highest BCUT2D eigenvalue weighted by molar-refractivity contribution is 7.92. The summed E-state index contributed by atoms with van der Waals surface area (Å²) in [5, 5.41) is 4.13. The standard InChI is InChI=1S/C18H27N7O2S2/c1-23-9-11-25(12-10-23)18-19-6-3-15(20-18)13-24-7-4-14(5-8-24)16-17(28-22-21-16)29(2,26)27/h3,6,14H,4-5,7-13H2,1-2H3. The molecule has 0 saturated carbocycles. The maximum absolute atomic E-state index is 11.9. The maximum Gasteiger partial charge on any atom is 0.225 e. The number of sulfone groups is 1. The number of rotatable bonds is 5. The largest absolute Gasteiger partial charge is 0.338 e. The van der Waals surface area contributed by atoms with Gasteiger partial charge in [0.25, 0.3) is 0 Å². The SMILES string of the molecule is CN1CCN(c2nccc(CN3CCC(c4nnsc4S(C)(=O)=O)CC3)n2)CC1. The van der Waals surface area contributed by atoms with Crippen LogP contribution in [0.4, 0.5) is 5.95 Å². The average molecular weight is 438 g/mol. The molecule has 158 valence electrons. The Morgan fingerprint density at radius 3 is 2.55 bits per heavy atom. The highest BCUT2D eigenvalue weighted by Crippen LogP contribution is 2.33. The zero-order valence-electron chi connectivity index (χ0n) is 16.9. The van der Waals surface area contributed by atoms with Gasteiger partial charge in [-0.05, 0) is 39.0 Å². The Kier molecular flexibility index (Phi) is 6.09. The maximum atomic E-state index is 11.9. The van der Waals surface area contributed by atoms with Crippen LogP contribution >= 0.6 is 11.5 Å². The van der Waals surface area contributed by atoms with Crippen molar-refractivity contribution in [3.63, 3.8) is 0 Å². The number of piperidine rings is 1. The summed E-state index contributed by atoms with van der Waals surface area (Å²) in [7, 11) is -1.13. The molecule has 2 aliphatic heterocycles. The highest BCUT2D eigenvalue weighted by Gasteiger charge is 2.29. The van der Waals surface area contributed by atoms with Crippen LogP contribution in [0.3, 0.4) is 0 Å². The quantitative estimate of drug-likeness (QED) is 0.675. The molecule has 2 saturated heterocycles. The van der Waals surface area contributed by atoms with Gasteiger partial charge in [0.15, 0.2) is 14.0 Å². The summed E-state index contributed by atoms with van der Waals surface area (Å²) in [5.74, 6) is 0.970. The Balaban J connectivity index is 1.36. The van der Waals surface area contributed by atoms with Gasteiger partial charge in [0.2, 0.25) is 5.95 Å². The normalized spacial score (nSPS) is 20.3. The number of likely N-dealkylation sites (N-methyl/N-ethyl adjacent to an activating group) is 1. The summed E-state index contributed by atoms with van der Waals surface area (Å²) in [6.45, 7) is 6.53. The lowest BCUT2D eigenvalue weighted by molar-refractivity contribution is 0.200. The van der Waals surface area contributed by atoms with E-state index in [2.05, 4.69) is 36.3 Å². The molecular weight excluding hydrogens is 410 g/mol. The molecule has 0 amide bonds. The van der Waals surface area contributed by atoms with E-state index in [0.717, 1.165) is 81.8 Å². The Labute approximate surface area is 175 Å². The minimum atomic E-state index is -3.27. The topological polar surface area (TPSA) is 95.4 Å². The summed E-state index contributed by atoms with van der Waals surface area (Å²) < 4.78 is 28.1. The molecular formula is C18H27N7O2S2. The Hall–Kier alpha value is -1.69. The third-order valence-electron chi connectivity index (χ3n) is 5.66. The number of piperazine rings is 1. The van der Waals surface area contributed by atoms with Gasteiger partial charge in [-0.1, -0.05) is 4.49 Å². The monoisotopic (exact) mass is 437 g/mol. The van der Waals surface area contributed by atoms with Crippen molar-refractivity contribution in [1.29, 1.82) is 0 Å². The van der Waals surface area contributed by atoms with Gasteiger partial charge >= 0.3 is 0 Å². The molecule has 11 heteroatoms. The van der Waals surface area contributed by atoms with Crippen LogP contribution in [0.1, 0.15) is 30.1 Å². The van der Waals surface area contributed by atoms with Crippen molar-refractivity contribution in [3.05, 3.63) is 23.7 Å². The van der Waals surface area contributed by atoms with Crippen LogP contribution in [0.25, 0.3) is 0 Å². The third kappa shape index (κ3) is 4.90. The van der Waals surface area contributed by atoms with Gasteiger partial charge in [-0.15, -0.1) is 5.10 Å². The first kappa shape index (κ1) is 20.6. The van der Waals surface area contributed by atoms with E-state index in [0.29, 0.717) is 9.90 Å². The first-order valence-corrected chi connectivity index (χ1v) is 12.6. The van der Waals surface area contributed by atoms with Crippen molar-refractivity contribution in [3.8, 4) is 0 Å². The summed E-state index contributed by atoms with van der Waals surface area (Å²) in [4.78, 5) is 16.2. The van der Waals surface area contributed by atoms with Gasteiger partial charge in [0.1, 0.15) is 0 Å². The molecule has 0 aromatic carbocycles. The third-order valence-corrected chi connectivity index (χ3v) is 8.22. The second-order valence-electron chi connectivity index (χ2n) is 7.91. The molecule has 4 heterocycles. The zero-order valence-corrected chi connectivity index (χ0v) is 18.5. The minimum absolute atomic E-state index is 0.154. The smallest absolute Gasteiger partial charge is 0.225 e.